The molecular weight excluding hydrogens is 287 g/mol. The summed E-state index contributed by atoms with van der Waals surface area (Å²) in [4.78, 5) is 0. The minimum absolute atomic E-state index is 0.0886. The lowest BCUT2D eigenvalue weighted by molar-refractivity contribution is 1.01. The maximum Gasteiger partial charge on any atom is 0.0446 e. The van der Waals surface area contributed by atoms with Crippen LogP contribution in [0.15, 0.2) is 60.7 Å². The van der Waals surface area contributed by atoms with Crippen LogP contribution < -0.4 is 10.6 Å². The van der Waals surface area contributed by atoms with Crippen LogP contribution in [-0.2, 0) is 0 Å². The molecule has 0 unspecified atom stereocenters. The minimum Gasteiger partial charge on any atom is -0.0711 e. The van der Waals surface area contributed by atoms with Crippen molar-refractivity contribution in [1.29, 1.82) is 0 Å². The molecule has 0 amide bonds. The first-order valence-corrected chi connectivity index (χ1v) is 11.9. The fourth-order valence-corrected chi connectivity index (χ4v) is 7.25. The van der Waals surface area contributed by atoms with Crippen molar-refractivity contribution in [2.75, 3.05) is 6.16 Å². The van der Waals surface area contributed by atoms with E-state index in [1.807, 2.05) is 0 Å². The van der Waals surface area contributed by atoms with E-state index in [2.05, 4.69) is 74.1 Å². The predicted molar refractivity (Wildman–Crippen MR) is 100 cm³/mol. The fourth-order valence-electron chi connectivity index (χ4n) is 2.71. The zero-order valence-corrected chi connectivity index (χ0v) is 15.2. The molecule has 0 saturated carbocycles. The summed E-state index contributed by atoms with van der Waals surface area (Å²) in [6, 6.07) is 25.1. The van der Waals surface area contributed by atoms with Crippen molar-refractivity contribution in [2.24, 2.45) is 0 Å². The third-order valence-electron chi connectivity index (χ3n) is 3.80. The second kappa shape index (κ2) is 9.18. The highest BCUT2D eigenvalue weighted by Crippen LogP contribution is 2.34. The Morgan fingerprint density at radius 3 is 1.81 bits per heavy atom. The van der Waals surface area contributed by atoms with Crippen molar-refractivity contribution in [1.82, 2.24) is 0 Å². The molecule has 0 spiro atoms. The molecule has 0 aliphatic rings. The first-order valence-electron chi connectivity index (χ1n) is 8.00. The first kappa shape index (κ1) is 16.5. The van der Waals surface area contributed by atoms with Crippen LogP contribution in [0.1, 0.15) is 19.8 Å². The zero-order valence-electron chi connectivity index (χ0n) is 13.3. The van der Waals surface area contributed by atoms with Crippen LogP contribution in [0.3, 0.4) is 0 Å². The van der Waals surface area contributed by atoms with Gasteiger partial charge in [0.1, 0.15) is 0 Å². The molecule has 2 rings (SSSR count). The van der Waals surface area contributed by atoms with E-state index < -0.39 is 0 Å². The van der Waals surface area contributed by atoms with Gasteiger partial charge in [-0.15, -0.1) is 0 Å². The summed E-state index contributed by atoms with van der Waals surface area (Å²) < 4.78 is 0. The van der Waals surface area contributed by atoms with Crippen molar-refractivity contribution in [2.45, 2.75) is 38.4 Å². The van der Waals surface area contributed by atoms with E-state index in [4.69, 9.17) is 0 Å². The van der Waals surface area contributed by atoms with E-state index in [1.165, 1.54) is 41.7 Å². The van der Waals surface area contributed by atoms with Gasteiger partial charge in [-0.1, -0.05) is 99.1 Å². The Hall–Kier alpha value is -0.913. The van der Waals surface area contributed by atoms with Gasteiger partial charge in [0.15, 0.2) is 0 Å². The highest BCUT2D eigenvalue weighted by atomic mass is 31.1. The molecule has 0 aromatic heterocycles. The molecule has 0 aliphatic heterocycles. The van der Waals surface area contributed by atoms with Gasteiger partial charge >= 0.3 is 0 Å². The molecule has 0 fully saturated rings. The van der Waals surface area contributed by atoms with E-state index in [9.17, 15) is 0 Å². The normalized spacial score (nSPS) is 11.2. The molecule has 0 saturated heterocycles. The Labute approximate surface area is 133 Å². The second-order valence-corrected chi connectivity index (χ2v) is 10.9. The summed E-state index contributed by atoms with van der Waals surface area (Å²) in [5.41, 5.74) is 0. The molecule has 21 heavy (non-hydrogen) atoms. The van der Waals surface area contributed by atoms with Crippen LogP contribution in [0, 0.1) is 0 Å². The highest BCUT2D eigenvalue weighted by molar-refractivity contribution is 7.73. The Kier molecular flexibility index (Phi) is 7.19. The van der Waals surface area contributed by atoms with Gasteiger partial charge in [0.2, 0.25) is 0 Å². The second-order valence-electron chi connectivity index (χ2n) is 5.63. The minimum atomic E-state index is -0.175. The van der Waals surface area contributed by atoms with Gasteiger partial charge < -0.3 is 0 Å². The summed E-state index contributed by atoms with van der Waals surface area (Å²) in [5.74, 6) is 0. The van der Waals surface area contributed by atoms with Crippen molar-refractivity contribution in [3.63, 3.8) is 0 Å². The Morgan fingerprint density at radius 2 is 1.33 bits per heavy atom. The molecule has 0 nitrogen and oxygen atoms in total. The maximum absolute atomic E-state index is 2.50. The average molecular weight is 313 g/mol. The summed E-state index contributed by atoms with van der Waals surface area (Å²) in [6.07, 6.45) is 4.09. The van der Waals surface area contributed by atoms with E-state index in [0.29, 0.717) is 0 Å². The molecule has 0 atom stereocenters. The number of benzene rings is 2. The van der Waals surface area contributed by atoms with E-state index in [0.717, 1.165) is 0 Å². The van der Waals surface area contributed by atoms with Gasteiger partial charge in [0.05, 0.1) is 0 Å². The summed E-state index contributed by atoms with van der Waals surface area (Å²) in [5, 5.41) is 3.05. The fraction of sp³-hybridized carbons (Fsp3) is 0.368. The van der Waals surface area contributed by atoms with Crippen LogP contribution in [0.5, 0.6) is 0 Å². The van der Waals surface area contributed by atoms with Crippen LogP contribution in [0.25, 0.3) is 0 Å². The smallest absolute Gasteiger partial charge is 0.0446 e. The molecule has 2 aromatic rings. The third kappa shape index (κ3) is 5.41. The zero-order chi connectivity index (χ0) is 14.9. The van der Waals surface area contributed by atoms with Crippen LogP contribution >= 0.6 is 7.92 Å². The van der Waals surface area contributed by atoms with E-state index in [-0.39, 0.29) is 16.7 Å². The van der Waals surface area contributed by atoms with Gasteiger partial charge in [0.25, 0.3) is 0 Å². The van der Waals surface area contributed by atoms with Crippen molar-refractivity contribution in [3.8, 4) is 0 Å². The van der Waals surface area contributed by atoms with Crippen molar-refractivity contribution >= 4 is 27.3 Å². The van der Waals surface area contributed by atoms with Gasteiger partial charge in [-0.05, 0) is 24.7 Å². The Balaban J connectivity index is 2.04. The summed E-state index contributed by atoms with van der Waals surface area (Å²) in [6.45, 7) is 4.82. The molecule has 1 radical (unpaired) electrons. The van der Waals surface area contributed by atoms with E-state index in [1.54, 1.807) is 0 Å². The van der Waals surface area contributed by atoms with Crippen molar-refractivity contribution < 1.29 is 0 Å². The van der Waals surface area contributed by atoms with Gasteiger partial charge in [-0.25, -0.2) is 0 Å². The molecule has 2 aromatic carbocycles. The molecule has 2 heteroatoms. The molecule has 0 N–H and O–H groups in total. The Bertz CT molecular complexity index is 458. The lowest BCUT2D eigenvalue weighted by atomic mass is 10.4. The summed E-state index contributed by atoms with van der Waals surface area (Å²) >= 11 is 0. The lowest BCUT2D eigenvalue weighted by Crippen LogP contribution is -2.15. The largest absolute Gasteiger partial charge is 0.0711 e. The molecule has 0 aliphatic carbocycles. The third-order valence-corrected chi connectivity index (χ3v) is 8.96. The quantitative estimate of drug-likeness (QED) is 0.473. The van der Waals surface area contributed by atoms with E-state index >= 15 is 0 Å². The summed E-state index contributed by atoms with van der Waals surface area (Å²) in [7, 11) is -0.263. The van der Waals surface area contributed by atoms with Crippen LogP contribution in [0.4, 0.5) is 0 Å². The lowest BCUT2D eigenvalue weighted by Gasteiger charge is -2.19. The molecule has 0 bridgehead atoms. The highest BCUT2D eigenvalue weighted by Gasteiger charge is 2.13. The predicted octanol–water partition coefficient (Wildman–Crippen LogP) is 5.04. The van der Waals surface area contributed by atoms with Crippen molar-refractivity contribution in [3.05, 3.63) is 60.7 Å². The van der Waals surface area contributed by atoms with Gasteiger partial charge in [-0.2, -0.15) is 0 Å². The molecule has 0 heterocycles. The molecular formula is C19H26PSi. The average Bonchev–Trinajstić information content (AvgIpc) is 2.53. The monoisotopic (exact) mass is 313 g/mol. The Morgan fingerprint density at radius 1 is 0.810 bits per heavy atom. The number of hydrogen-bond donors (Lipinski definition) is 0. The number of hydrogen-bond acceptors (Lipinski definition) is 0. The van der Waals surface area contributed by atoms with Gasteiger partial charge in [-0.3, -0.25) is 0 Å². The van der Waals surface area contributed by atoms with Crippen LogP contribution in [-0.4, -0.2) is 15.0 Å². The van der Waals surface area contributed by atoms with Gasteiger partial charge in [0, 0.05) is 8.80 Å². The number of rotatable bonds is 8. The SMILES string of the molecule is CCC[Si](C)CCCP(c1ccccc1)c1ccccc1. The topological polar surface area (TPSA) is 0 Å². The molecule has 111 valence electrons. The van der Waals surface area contributed by atoms with Crippen LogP contribution in [0.2, 0.25) is 18.6 Å². The first-order chi connectivity index (χ1) is 10.3. The maximum atomic E-state index is 2.50. The standard InChI is InChI=1S/C19H26PSi/c1-3-16-21(2)17-10-15-20(18-11-6-4-7-12-18)19-13-8-5-9-14-19/h4-9,11-14H,3,10,15-17H2,1-2H3.